The molecule has 2 amide bonds. The number of nitrogens with zero attached hydrogens (tertiary/aromatic N) is 1. The third kappa shape index (κ3) is 6.59. The maximum Gasteiger partial charge on any atom is 0.251 e. The summed E-state index contributed by atoms with van der Waals surface area (Å²) in [5.74, 6) is 0.983. The minimum atomic E-state index is -0.0273. The number of ether oxygens (including phenoxy) is 1. The van der Waals surface area contributed by atoms with Crippen LogP contribution in [-0.4, -0.2) is 42.5 Å². The van der Waals surface area contributed by atoms with Crippen LogP contribution in [0, 0.1) is 6.92 Å². The summed E-state index contributed by atoms with van der Waals surface area (Å²) in [6.45, 7) is 10.4. The molecule has 0 unspecified atom stereocenters. The predicted octanol–water partition coefficient (Wildman–Crippen LogP) is 4.87. The first-order valence-corrected chi connectivity index (χ1v) is 11.6. The van der Waals surface area contributed by atoms with Crippen LogP contribution in [0.15, 0.2) is 48.5 Å². The summed E-state index contributed by atoms with van der Waals surface area (Å²) in [6, 6.07) is 15.9. The molecular formula is C27H36N2O3. The number of benzene rings is 2. The number of nitrogens with one attached hydrogen (secondary N) is 1. The average molecular weight is 437 g/mol. The number of carbonyl (C=O) groups is 2. The molecular weight excluding hydrogens is 400 g/mol. The molecule has 2 aromatic carbocycles. The molecule has 32 heavy (non-hydrogen) atoms. The molecule has 0 aromatic heterocycles. The Morgan fingerprint density at radius 3 is 2.31 bits per heavy atom. The van der Waals surface area contributed by atoms with Crippen LogP contribution in [0.25, 0.3) is 0 Å². The van der Waals surface area contributed by atoms with Crippen molar-refractivity contribution in [2.45, 2.75) is 64.8 Å². The highest BCUT2D eigenvalue weighted by atomic mass is 16.5. The van der Waals surface area contributed by atoms with E-state index in [2.05, 4.69) is 38.2 Å². The Hall–Kier alpha value is -2.82. The fourth-order valence-corrected chi connectivity index (χ4v) is 3.99. The molecule has 5 heteroatoms. The number of aryl methyl sites for hydroxylation is 1. The molecule has 1 N–H and O–H groups in total. The quantitative estimate of drug-likeness (QED) is 0.630. The van der Waals surface area contributed by atoms with E-state index < -0.39 is 0 Å². The van der Waals surface area contributed by atoms with Crippen LogP contribution in [0.3, 0.4) is 0 Å². The van der Waals surface area contributed by atoms with Gasteiger partial charge in [0.1, 0.15) is 5.75 Å². The lowest BCUT2D eigenvalue weighted by molar-refractivity contribution is -0.132. The molecule has 1 heterocycles. The summed E-state index contributed by atoms with van der Waals surface area (Å²) in [4.78, 5) is 27.0. The van der Waals surface area contributed by atoms with Crippen molar-refractivity contribution in [2.24, 2.45) is 0 Å². The molecule has 2 aromatic rings. The lowest BCUT2D eigenvalue weighted by atomic mass is 9.87. The standard InChI is InChI=1S/C27H36N2O3/c1-20-8-5-6-9-24(20)26(31)28-22-15-17-29(18-16-22)25(30)10-7-19-32-23-13-11-21(12-14-23)27(2,3)4/h5-6,8-9,11-14,22H,7,10,15-19H2,1-4H3,(H,28,31). The van der Waals surface area contributed by atoms with Crippen molar-refractivity contribution in [3.63, 3.8) is 0 Å². The molecule has 1 aliphatic heterocycles. The molecule has 0 atom stereocenters. The van der Waals surface area contributed by atoms with Gasteiger partial charge in [0.05, 0.1) is 6.61 Å². The fraction of sp³-hybridized carbons (Fsp3) is 0.481. The Balaban J connectivity index is 1.35. The van der Waals surface area contributed by atoms with Crippen LogP contribution in [0.1, 0.15) is 67.9 Å². The van der Waals surface area contributed by atoms with E-state index >= 15 is 0 Å². The van der Waals surface area contributed by atoms with E-state index in [9.17, 15) is 9.59 Å². The average Bonchev–Trinajstić information content (AvgIpc) is 2.77. The molecule has 3 rings (SSSR count). The van der Waals surface area contributed by atoms with Gasteiger partial charge < -0.3 is 15.0 Å². The van der Waals surface area contributed by atoms with Crippen LogP contribution in [-0.2, 0) is 10.2 Å². The van der Waals surface area contributed by atoms with Crippen molar-refractivity contribution in [1.29, 1.82) is 0 Å². The second-order valence-corrected chi connectivity index (χ2v) is 9.67. The first-order chi connectivity index (χ1) is 15.2. The van der Waals surface area contributed by atoms with Gasteiger partial charge in [-0.15, -0.1) is 0 Å². The van der Waals surface area contributed by atoms with Crippen LogP contribution in [0.2, 0.25) is 0 Å². The van der Waals surface area contributed by atoms with Gasteiger partial charge in [-0.25, -0.2) is 0 Å². The van der Waals surface area contributed by atoms with Gasteiger partial charge in [0.2, 0.25) is 5.91 Å². The maximum absolute atomic E-state index is 12.5. The number of hydrogen-bond acceptors (Lipinski definition) is 3. The van der Waals surface area contributed by atoms with E-state index in [1.807, 2.05) is 48.2 Å². The number of likely N-dealkylation sites (tertiary alicyclic amines) is 1. The molecule has 0 saturated carbocycles. The first kappa shape index (κ1) is 23.8. The largest absolute Gasteiger partial charge is 0.494 e. The van der Waals surface area contributed by atoms with E-state index in [0.717, 1.165) is 29.7 Å². The molecule has 0 bridgehead atoms. The fourth-order valence-electron chi connectivity index (χ4n) is 3.99. The Kier molecular flexibility index (Phi) is 7.94. The molecule has 1 fully saturated rings. The lowest BCUT2D eigenvalue weighted by Gasteiger charge is -2.32. The van der Waals surface area contributed by atoms with Gasteiger partial charge >= 0.3 is 0 Å². The summed E-state index contributed by atoms with van der Waals surface area (Å²) in [7, 11) is 0. The van der Waals surface area contributed by atoms with E-state index in [1.165, 1.54) is 5.56 Å². The first-order valence-electron chi connectivity index (χ1n) is 11.6. The van der Waals surface area contributed by atoms with Gasteiger partial charge in [-0.05, 0) is 60.9 Å². The highest BCUT2D eigenvalue weighted by Crippen LogP contribution is 2.24. The van der Waals surface area contributed by atoms with Gasteiger partial charge in [0.15, 0.2) is 0 Å². The summed E-state index contributed by atoms with van der Waals surface area (Å²) >= 11 is 0. The van der Waals surface area contributed by atoms with E-state index in [4.69, 9.17) is 4.74 Å². The van der Waals surface area contributed by atoms with Crippen molar-refractivity contribution < 1.29 is 14.3 Å². The number of carbonyl (C=O) groups excluding carboxylic acids is 2. The topological polar surface area (TPSA) is 58.6 Å². The number of rotatable bonds is 7. The summed E-state index contributed by atoms with van der Waals surface area (Å²) in [5.41, 5.74) is 3.10. The van der Waals surface area contributed by atoms with Crippen molar-refractivity contribution >= 4 is 11.8 Å². The minimum Gasteiger partial charge on any atom is -0.494 e. The zero-order valence-corrected chi connectivity index (χ0v) is 19.8. The lowest BCUT2D eigenvalue weighted by Crippen LogP contribution is -2.46. The van der Waals surface area contributed by atoms with Crippen LogP contribution >= 0.6 is 0 Å². The number of hydrogen-bond donors (Lipinski definition) is 1. The minimum absolute atomic E-state index is 0.0273. The Morgan fingerprint density at radius 2 is 1.69 bits per heavy atom. The highest BCUT2D eigenvalue weighted by Gasteiger charge is 2.24. The highest BCUT2D eigenvalue weighted by molar-refractivity contribution is 5.95. The third-order valence-electron chi connectivity index (χ3n) is 6.10. The zero-order valence-electron chi connectivity index (χ0n) is 19.8. The van der Waals surface area contributed by atoms with E-state index in [-0.39, 0.29) is 23.3 Å². The monoisotopic (exact) mass is 436 g/mol. The van der Waals surface area contributed by atoms with Crippen LogP contribution in [0.5, 0.6) is 5.75 Å². The van der Waals surface area contributed by atoms with Gasteiger partial charge in [0.25, 0.3) is 5.91 Å². The molecule has 172 valence electrons. The van der Waals surface area contributed by atoms with Crippen LogP contribution < -0.4 is 10.1 Å². The normalized spacial score (nSPS) is 14.8. The van der Waals surface area contributed by atoms with Crippen molar-refractivity contribution in [3.05, 3.63) is 65.2 Å². The zero-order chi connectivity index (χ0) is 23.1. The third-order valence-corrected chi connectivity index (χ3v) is 6.10. The molecule has 1 saturated heterocycles. The van der Waals surface area contributed by atoms with Gasteiger partial charge in [0, 0.05) is 31.1 Å². The maximum atomic E-state index is 12.5. The summed E-state index contributed by atoms with van der Waals surface area (Å²) in [6.07, 6.45) is 2.77. The van der Waals surface area contributed by atoms with E-state index in [1.54, 1.807) is 0 Å². The number of piperidine rings is 1. The van der Waals surface area contributed by atoms with Crippen LogP contribution in [0.4, 0.5) is 0 Å². The van der Waals surface area contributed by atoms with Gasteiger partial charge in [-0.1, -0.05) is 51.1 Å². The number of amides is 2. The Bertz CT molecular complexity index is 907. The molecule has 5 nitrogen and oxygen atoms in total. The Morgan fingerprint density at radius 1 is 1.03 bits per heavy atom. The molecule has 0 aliphatic carbocycles. The Labute approximate surface area is 192 Å². The molecule has 0 radical (unpaired) electrons. The summed E-state index contributed by atoms with van der Waals surface area (Å²) < 4.78 is 5.81. The van der Waals surface area contributed by atoms with E-state index in [0.29, 0.717) is 32.5 Å². The smallest absolute Gasteiger partial charge is 0.251 e. The second-order valence-electron chi connectivity index (χ2n) is 9.67. The predicted molar refractivity (Wildman–Crippen MR) is 128 cm³/mol. The molecule has 0 spiro atoms. The van der Waals surface area contributed by atoms with Crippen molar-refractivity contribution in [2.75, 3.05) is 19.7 Å². The van der Waals surface area contributed by atoms with Crippen molar-refractivity contribution in [1.82, 2.24) is 10.2 Å². The van der Waals surface area contributed by atoms with Crippen molar-refractivity contribution in [3.8, 4) is 5.75 Å². The SMILES string of the molecule is Cc1ccccc1C(=O)NC1CCN(C(=O)CCCOc2ccc(C(C)(C)C)cc2)CC1. The summed E-state index contributed by atoms with van der Waals surface area (Å²) in [5, 5.41) is 3.12. The van der Waals surface area contributed by atoms with Gasteiger partial charge in [-0.3, -0.25) is 9.59 Å². The molecule has 1 aliphatic rings. The second kappa shape index (κ2) is 10.7. The van der Waals surface area contributed by atoms with Gasteiger partial charge in [-0.2, -0.15) is 0 Å².